The van der Waals surface area contributed by atoms with E-state index in [-0.39, 0.29) is 12.1 Å². The molecule has 0 aromatic heterocycles. The van der Waals surface area contributed by atoms with Gasteiger partial charge < -0.3 is 15.3 Å². The van der Waals surface area contributed by atoms with Crippen LogP contribution in [0.2, 0.25) is 0 Å². The van der Waals surface area contributed by atoms with Gasteiger partial charge in [-0.2, -0.15) is 0 Å². The Bertz CT molecular complexity index is 279. The van der Waals surface area contributed by atoms with Crippen molar-refractivity contribution in [3.63, 3.8) is 0 Å². The summed E-state index contributed by atoms with van der Waals surface area (Å²) < 4.78 is 0. The number of aliphatic hydroxyl groups is 1. The first-order chi connectivity index (χ1) is 9.92. The Morgan fingerprint density at radius 3 is 2.52 bits per heavy atom. The number of nitrogens with zero attached hydrogens (tertiary/aromatic N) is 2. The van der Waals surface area contributed by atoms with Crippen LogP contribution >= 0.6 is 0 Å². The summed E-state index contributed by atoms with van der Waals surface area (Å²) in [6, 6.07) is 0.604. The van der Waals surface area contributed by atoms with Gasteiger partial charge in [0.25, 0.3) is 0 Å². The van der Waals surface area contributed by atoms with Crippen LogP contribution in [0.25, 0.3) is 0 Å². The predicted molar refractivity (Wildman–Crippen MR) is 90.7 cm³/mol. The van der Waals surface area contributed by atoms with E-state index in [1.54, 1.807) is 0 Å². The van der Waals surface area contributed by atoms with Gasteiger partial charge in [0.05, 0.1) is 6.61 Å². The van der Waals surface area contributed by atoms with Crippen molar-refractivity contribution in [2.24, 2.45) is 5.92 Å². The zero-order valence-electron chi connectivity index (χ0n) is 14.9. The van der Waals surface area contributed by atoms with Crippen molar-refractivity contribution in [2.75, 3.05) is 46.9 Å². The molecule has 0 radical (unpaired) electrons. The van der Waals surface area contributed by atoms with Gasteiger partial charge in [0, 0.05) is 31.2 Å². The molecule has 0 spiro atoms. The van der Waals surface area contributed by atoms with Crippen LogP contribution in [0.1, 0.15) is 46.5 Å². The van der Waals surface area contributed by atoms with Crippen molar-refractivity contribution in [1.29, 1.82) is 0 Å². The maximum Gasteiger partial charge on any atom is 0.0613 e. The molecule has 0 bridgehead atoms. The second kappa shape index (κ2) is 9.09. The third kappa shape index (κ3) is 6.23. The van der Waals surface area contributed by atoms with Crippen LogP contribution in [-0.2, 0) is 0 Å². The molecule has 4 heteroatoms. The van der Waals surface area contributed by atoms with Gasteiger partial charge in [0.1, 0.15) is 0 Å². The van der Waals surface area contributed by atoms with Crippen molar-refractivity contribution in [3.8, 4) is 0 Å². The van der Waals surface area contributed by atoms with Crippen LogP contribution < -0.4 is 5.32 Å². The van der Waals surface area contributed by atoms with Crippen molar-refractivity contribution in [1.82, 2.24) is 15.1 Å². The maximum absolute atomic E-state index is 9.88. The molecule has 0 aromatic carbocycles. The number of hydrogen-bond acceptors (Lipinski definition) is 4. The minimum absolute atomic E-state index is 0.0506. The molecular weight excluding hydrogens is 262 g/mol. The Morgan fingerprint density at radius 2 is 2.00 bits per heavy atom. The highest BCUT2D eigenvalue weighted by Crippen LogP contribution is 2.31. The van der Waals surface area contributed by atoms with Crippen LogP contribution in [0.4, 0.5) is 0 Å². The first kappa shape index (κ1) is 18.9. The molecule has 0 aromatic rings. The average molecular weight is 300 g/mol. The number of rotatable bonds is 9. The van der Waals surface area contributed by atoms with E-state index in [9.17, 15) is 5.11 Å². The molecule has 0 saturated heterocycles. The lowest BCUT2D eigenvalue weighted by atomic mass is 9.78. The summed E-state index contributed by atoms with van der Waals surface area (Å²) in [6.45, 7) is 11.3. The third-order valence-corrected chi connectivity index (χ3v) is 4.62. The lowest BCUT2D eigenvalue weighted by molar-refractivity contribution is 0.0520. The largest absolute Gasteiger partial charge is 0.394 e. The summed E-state index contributed by atoms with van der Waals surface area (Å²) in [7, 11) is 4.29. The molecule has 1 saturated carbocycles. The first-order valence-electron chi connectivity index (χ1n) is 8.67. The minimum Gasteiger partial charge on any atom is -0.394 e. The number of aliphatic hydroxyl groups excluding tert-OH is 1. The highest BCUT2D eigenvalue weighted by atomic mass is 16.3. The van der Waals surface area contributed by atoms with Crippen LogP contribution in [0, 0.1) is 5.92 Å². The minimum atomic E-state index is -0.0506. The summed E-state index contributed by atoms with van der Waals surface area (Å²) in [5.41, 5.74) is -0.0506. The summed E-state index contributed by atoms with van der Waals surface area (Å²) >= 11 is 0. The average Bonchev–Trinajstić information content (AvgIpc) is 2.43. The van der Waals surface area contributed by atoms with Gasteiger partial charge >= 0.3 is 0 Å². The fourth-order valence-electron chi connectivity index (χ4n) is 3.60. The molecule has 126 valence electrons. The Hall–Kier alpha value is -0.160. The molecule has 21 heavy (non-hydrogen) atoms. The lowest BCUT2D eigenvalue weighted by Gasteiger charge is -2.45. The lowest BCUT2D eigenvalue weighted by Crippen LogP contribution is -2.56. The Kier molecular flexibility index (Phi) is 8.17. The molecule has 4 nitrogen and oxygen atoms in total. The topological polar surface area (TPSA) is 38.7 Å². The molecule has 2 atom stereocenters. The Morgan fingerprint density at radius 1 is 1.29 bits per heavy atom. The molecule has 1 rings (SSSR count). The van der Waals surface area contributed by atoms with E-state index in [1.165, 1.54) is 12.8 Å². The molecular formula is C17H37N3O. The van der Waals surface area contributed by atoms with E-state index in [0.29, 0.717) is 12.0 Å². The van der Waals surface area contributed by atoms with E-state index in [0.717, 1.165) is 39.0 Å². The third-order valence-electron chi connectivity index (χ3n) is 4.62. The van der Waals surface area contributed by atoms with E-state index < -0.39 is 0 Å². The Balaban J connectivity index is 2.70. The first-order valence-corrected chi connectivity index (χ1v) is 8.67. The van der Waals surface area contributed by atoms with Crippen LogP contribution in [0.15, 0.2) is 0 Å². The van der Waals surface area contributed by atoms with Gasteiger partial charge in [-0.05, 0) is 52.2 Å². The molecule has 0 amide bonds. The molecule has 0 heterocycles. The second-order valence-corrected chi connectivity index (χ2v) is 7.41. The van der Waals surface area contributed by atoms with Gasteiger partial charge in [0.2, 0.25) is 0 Å². The molecule has 0 aliphatic heterocycles. The van der Waals surface area contributed by atoms with Crippen molar-refractivity contribution >= 4 is 0 Å². The second-order valence-electron chi connectivity index (χ2n) is 7.41. The molecule has 2 unspecified atom stereocenters. The van der Waals surface area contributed by atoms with Gasteiger partial charge in [-0.1, -0.05) is 20.8 Å². The van der Waals surface area contributed by atoms with Crippen LogP contribution in [0.3, 0.4) is 0 Å². The quantitative estimate of drug-likeness (QED) is 0.681. The van der Waals surface area contributed by atoms with Crippen molar-refractivity contribution in [2.45, 2.75) is 58.0 Å². The fraction of sp³-hybridized carbons (Fsp3) is 1.00. The summed E-state index contributed by atoms with van der Waals surface area (Å²) in [4.78, 5) is 4.92. The number of hydrogen-bond donors (Lipinski definition) is 2. The molecule has 1 fully saturated rings. The highest BCUT2D eigenvalue weighted by Gasteiger charge is 2.37. The number of nitrogens with one attached hydrogen (secondary N) is 1. The van der Waals surface area contributed by atoms with E-state index in [4.69, 9.17) is 0 Å². The van der Waals surface area contributed by atoms with E-state index >= 15 is 0 Å². The zero-order chi connectivity index (χ0) is 15.9. The van der Waals surface area contributed by atoms with E-state index in [2.05, 4.69) is 50.0 Å². The fourth-order valence-corrected chi connectivity index (χ4v) is 3.60. The van der Waals surface area contributed by atoms with E-state index in [1.807, 2.05) is 0 Å². The zero-order valence-corrected chi connectivity index (χ0v) is 14.9. The van der Waals surface area contributed by atoms with Crippen molar-refractivity contribution in [3.05, 3.63) is 0 Å². The summed E-state index contributed by atoms with van der Waals surface area (Å²) in [6.07, 6.45) is 4.68. The number of likely N-dealkylation sites (N-methyl/N-ethyl adjacent to an activating group) is 2. The van der Waals surface area contributed by atoms with Gasteiger partial charge in [-0.3, -0.25) is 4.90 Å². The van der Waals surface area contributed by atoms with Gasteiger partial charge in [-0.15, -0.1) is 0 Å². The van der Waals surface area contributed by atoms with Crippen LogP contribution in [-0.4, -0.2) is 73.4 Å². The highest BCUT2D eigenvalue weighted by molar-refractivity contribution is 4.96. The smallest absolute Gasteiger partial charge is 0.0613 e. The predicted octanol–water partition coefficient (Wildman–Crippen LogP) is 1.79. The molecule has 2 N–H and O–H groups in total. The van der Waals surface area contributed by atoms with Crippen molar-refractivity contribution < 1.29 is 5.11 Å². The van der Waals surface area contributed by atoms with Crippen LogP contribution in [0.5, 0.6) is 0 Å². The molecule has 1 aliphatic carbocycles. The monoisotopic (exact) mass is 299 g/mol. The maximum atomic E-state index is 9.88. The van der Waals surface area contributed by atoms with Gasteiger partial charge in [-0.25, -0.2) is 0 Å². The SMILES string of the molecule is CCNC1(CO)CCCC(N(CCN(C)C)CC(C)C)C1. The van der Waals surface area contributed by atoms with Gasteiger partial charge in [0.15, 0.2) is 0 Å². The standard InChI is InChI=1S/C17H37N3O/c1-6-18-17(14-21)9-7-8-16(12-17)20(13-15(2)3)11-10-19(4)5/h15-16,18,21H,6-14H2,1-5H3. The Labute approximate surface area is 131 Å². The summed E-state index contributed by atoms with van der Waals surface area (Å²) in [5.74, 6) is 0.691. The molecule has 1 aliphatic rings. The normalized spacial score (nSPS) is 27.0. The summed E-state index contributed by atoms with van der Waals surface area (Å²) in [5, 5.41) is 13.4.